The minimum Gasteiger partial charge on any atom is -0.386 e. The van der Waals surface area contributed by atoms with E-state index < -0.39 is 11.0 Å². The second kappa shape index (κ2) is 7.34. The Morgan fingerprint density at radius 3 is 2.61 bits per heavy atom. The average Bonchev–Trinajstić information content (AvgIpc) is 3.25. The van der Waals surface area contributed by atoms with Gasteiger partial charge in [-0.1, -0.05) is 36.4 Å². The molecule has 0 fully saturated rings. The van der Waals surface area contributed by atoms with Crippen LogP contribution in [-0.2, 0) is 6.54 Å². The predicted octanol–water partition coefficient (Wildman–Crippen LogP) is 3.77. The van der Waals surface area contributed by atoms with E-state index in [1.807, 2.05) is 29.6 Å². The van der Waals surface area contributed by atoms with Gasteiger partial charge in [0.15, 0.2) is 0 Å². The topological polar surface area (TPSA) is 98.3 Å². The molecule has 0 saturated carbocycles. The van der Waals surface area contributed by atoms with Crippen molar-refractivity contribution in [1.29, 1.82) is 0 Å². The Morgan fingerprint density at radius 1 is 1.11 bits per heavy atom. The van der Waals surface area contributed by atoms with E-state index in [4.69, 9.17) is 0 Å². The van der Waals surface area contributed by atoms with Crippen LogP contribution in [0.5, 0.6) is 0 Å². The molecule has 140 valence electrons. The van der Waals surface area contributed by atoms with Crippen molar-refractivity contribution in [2.45, 2.75) is 12.6 Å². The van der Waals surface area contributed by atoms with E-state index in [2.05, 4.69) is 5.10 Å². The number of aliphatic hydroxyl groups is 1. The summed E-state index contributed by atoms with van der Waals surface area (Å²) in [4.78, 5) is 24.2. The molecular weight excluding hydrogens is 378 g/mol. The van der Waals surface area contributed by atoms with Gasteiger partial charge in [-0.15, -0.1) is 11.3 Å². The lowest BCUT2D eigenvalue weighted by Gasteiger charge is -2.14. The Bertz CT molecular complexity index is 1220. The Kier molecular flexibility index (Phi) is 4.72. The van der Waals surface area contributed by atoms with Crippen molar-refractivity contribution in [1.82, 2.24) is 9.78 Å². The second-order valence-corrected chi connectivity index (χ2v) is 7.17. The maximum absolute atomic E-state index is 12.9. The SMILES string of the molecule is O=c1c2ccccc2c(-c2cccs2)nn1C[C@@H](O)c1cccc([N+](=O)[O-])c1. The number of hydrogen-bond acceptors (Lipinski definition) is 6. The van der Waals surface area contributed by atoms with Crippen molar-refractivity contribution >= 4 is 27.8 Å². The quantitative estimate of drug-likeness (QED) is 0.411. The lowest BCUT2D eigenvalue weighted by Crippen LogP contribution is -2.26. The zero-order chi connectivity index (χ0) is 19.7. The molecule has 0 aliphatic carbocycles. The van der Waals surface area contributed by atoms with Crippen LogP contribution in [0, 0.1) is 10.1 Å². The first-order valence-corrected chi connectivity index (χ1v) is 9.38. The van der Waals surface area contributed by atoms with Crippen molar-refractivity contribution in [3.05, 3.63) is 92.1 Å². The van der Waals surface area contributed by atoms with Crippen LogP contribution < -0.4 is 5.56 Å². The van der Waals surface area contributed by atoms with Gasteiger partial charge in [0, 0.05) is 17.5 Å². The Balaban J connectivity index is 1.79. The highest BCUT2D eigenvalue weighted by Gasteiger charge is 2.17. The number of thiophene rings is 1. The summed E-state index contributed by atoms with van der Waals surface area (Å²) >= 11 is 1.51. The van der Waals surface area contributed by atoms with Crippen molar-refractivity contribution in [2.24, 2.45) is 0 Å². The van der Waals surface area contributed by atoms with Gasteiger partial charge in [0.1, 0.15) is 5.69 Å². The van der Waals surface area contributed by atoms with Crippen LogP contribution in [0.1, 0.15) is 11.7 Å². The minimum absolute atomic E-state index is 0.108. The number of fused-ring (bicyclic) bond motifs is 1. The number of nitrogens with zero attached hydrogens (tertiary/aromatic N) is 3. The molecule has 0 radical (unpaired) electrons. The molecule has 2 heterocycles. The molecule has 0 aliphatic rings. The van der Waals surface area contributed by atoms with E-state index >= 15 is 0 Å². The third-order valence-corrected chi connectivity index (χ3v) is 5.31. The molecule has 1 N–H and O–H groups in total. The number of aliphatic hydroxyl groups excluding tert-OH is 1. The molecule has 2 aromatic carbocycles. The fraction of sp³-hybridized carbons (Fsp3) is 0.100. The summed E-state index contributed by atoms with van der Waals surface area (Å²) in [5.74, 6) is 0. The molecule has 7 nitrogen and oxygen atoms in total. The summed E-state index contributed by atoms with van der Waals surface area (Å²) in [6.45, 7) is -0.108. The third kappa shape index (κ3) is 3.30. The van der Waals surface area contributed by atoms with Crippen LogP contribution in [-0.4, -0.2) is 19.8 Å². The van der Waals surface area contributed by atoms with Crippen LogP contribution in [0.4, 0.5) is 5.69 Å². The largest absolute Gasteiger partial charge is 0.386 e. The monoisotopic (exact) mass is 393 g/mol. The second-order valence-electron chi connectivity index (χ2n) is 6.23. The highest BCUT2D eigenvalue weighted by atomic mass is 32.1. The van der Waals surface area contributed by atoms with E-state index in [0.29, 0.717) is 16.6 Å². The molecule has 0 aliphatic heterocycles. The van der Waals surface area contributed by atoms with E-state index in [-0.39, 0.29) is 17.8 Å². The van der Waals surface area contributed by atoms with Crippen molar-refractivity contribution < 1.29 is 10.0 Å². The van der Waals surface area contributed by atoms with Crippen LogP contribution in [0.15, 0.2) is 70.8 Å². The Morgan fingerprint density at radius 2 is 1.89 bits per heavy atom. The molecule has 0 bridgehead atoms. The van der Waals surface area contributed by atoms with Gasteiger partial charge in [-0.2, -0.15) is 5.10 Å². The fourth-order valence-corrected chi connectivity index (χ4v) is 3.79. The number of rotatable bonds is 5. The number of nitro benzene ring substituents is 1. The zero-order valence-corrected chi connectivity index (χ0v) is 15.4. The molecule has 4 rings (SSSR count). The Labute approximate surface area is 163 Å². The van der Waals surface area contributed by atoms with Gasteiger partial charge in [0.05, 0.1) is 27.8 Å². The standard InChI is InChI=1S/C20H15N3O4S/c24-17(13-5-3-6-14(11-13)23(26)27)12-22-20(25)16-8-2-1-7-15(16)19(21-22)18-9-4-10-28-18/h1-11,17,24H,12H2/t17-/m1/s1. The maximum Gasteiger partial charge on any atom is 0.274 e. The number of aromatic nitrogens is 2. The highest BCUT2D eigenvalue weighted by molar-refractivity contribution is 7.13. The number of hydrogen-bond donors (Lipinski definition) is 1. The summed E-state index contributed by atoms with van der Waals surface area (Å²) in [6.07, 6.45) is -1.11. The van der Waals surface area contributed by atoms with Crippen molar-refractivity contribution in [2.75, 3.05) is 0 Å². The van der Waals surface area contributed by atoms with Gasteiger partial charge in [-0.05, 0) is 23.1 Å². The molecule has 4 aromatic rings. The fourth-order valence-electron chi connectivity index (χ4n) is 3.07. The van der Waals surface area contributed by atoms with Crippen molar-refractivity contribution in [3.8, 4) is 10.6 Å². The van der Waals surface area contributed by atoms with E-state index in [9.17, 15) is 20.0 Å². The minimum atomic E-state index is -1.11. The van der Waals surface area contributed by atoms with Crippen LogP contribution >= 0.6 is 11.3 Å². The van der Waals surface area contributed by atoms with Gasteiger partial charge < -0.3 is 5.11 Å². The predicted molar refractivity (Wildman–Crippen MR) is 107 cm³/mol. The smallest absolute Gasteiger partial charge is 0.274 e. The first-order chi connectivity index (χ1) is 13.5. The average molecular weight is 393 g/mol. The van der Waals surface area contributed by atoms with Crippen molar-refractivity contribution in [3.63, 3.8) is 0 Å². The zero-order valence-electron chi connectivity index (χ0n) is 14.6. The molecule has 8 heteroatoms. The van der Waals surface area contributed by atoms with E-state index in [0.717, 1.165) is 10.3 Å². The summed E-state index contributed by atoms with van der Waals surface area (Å²) in [6, 6.07) is 16.8. The number of non-ortho nitro benzene ring substituents is 1. The molecule has 0 amide bonds. The Hall–Kier alpha value is -3.36. The lowest BCUT2D eigenvalue weighted by atomic mass is 10.1. The first kappa shape index (κ1) is 18.0. The van der Waals surface area contributed by atoms with E-state index in [1.165, 1.54) is 34.2 Å². The molecule has 0 saturated heterocycles. The molecule has 0 unspecified atom stereocenters. The lowest BCUT2D eigenvalue weighted by molar-refractivity contribution is -0.385. The van der Waals surface area contributed by atoms with Gasteiger partial charge in [0.2, 0.25) is 0 Å². The summed E-state index contributed by atoms with van der Waals surface area (Å²) in [5, 5.41) is 29.2. The molecule has 2 aromatic heterocycles. The van der Waals surface area contributed by atoms with Gasteiger partial charge in [0.25, 0.3) is 11.2 Å². The van der Waals surface area contributed by atoms with Gasteiger partial charge in [-0.3, -0.25) is 14.9 Å². The summed E-state index contributed by atoms with van der Waals surface area (Å²) in [5.41, 5.74) is 0.584. The third-order valence-electron chi connectivity index (χ3n) is 4.43. The first-order valence-electron chi connectivity index (χ1n) is 8.51. The van der Waals surface area contributed by atoms with Crippen LogP contribution in [0.25, 0.3) is 21.3 Å². The molecular formula is C20H15N3O4S. The summed E-state index contributed by atoms with van der Waals surface area (Å²) < 4.78 is 1.22. The highest BCUT2D eigenvalue weighted by Crippen LogP contribution is 2.28. The van der Waals surface area contributed by atoms with Crippen LogP contribution in [0.2, 0.25) is 0 Å². The number of nitro groups is 1. The molecule has 1 atom stereocenters. The van der Waals surface area contributed by atoms with Crippen LogP contribution in [0.3, 0.4) is 0 Å². The van der Waals surface area contributed by atoms with E-state index in [1.54, 1.807) is 18.2 Å². The molecule has 28 heavy (non-hydrogen) atoms. The normalized spacial score (nSPS) is 12.2. The molecule has 0 spiro atoms. The summed E-state index contributed by atoms with van der Waals surface area (Å²) in [7, 11) is 0. The maximum atomic E-state index is 12.9. The van der Waals surface area contributed by atoms with Gasteiger partial charge >= 0.3 is 0 Å². The number of benzene rings is 2. The van der Waals surface area contributed by atoms with Gasteiger partial charge in [-0.25, -0.2) is 4.68 Å².